The number of hydrogen-bond acceptors (Lipinski definition) is 2. The summed E-state index contributed by atoms with van der Waals surface area (Å²) in [5, 5.41) is 12.3. The van der Waals surface area contributed by atoms with Crippen LogP contribution in [-0.2, 0) is 9.59 Å². The van der Waals surface area contributed by atoms with Crippen LogP contribution in [0.3, 0.4) is 0 Å². The van der Waals surface area contributed by atoms with Crippen molar-refractivity contribution < 1.29 is 14.7 Å². The molecular formula is C13H13BrClNO3. The molecule has 0 bridgehead atoms. The molecule has 0 heterocycles. The number of carbonyl (C=O) groups is 2. The largest absolute Gasteiger partial charge is 0.481 e. The fourth-order valence-electron chi connectivity index (χ4n) is 2.39. The molecule has 1 aromatic carbocycles. The molecule has 6 heteroatoms. The molecule has 19 heavy (non-hydrogen) atoms. The van der Waals surface area contributed by atoms with E-state index in [9.17, 15) is 9.59 Å². The predicted octanol–water partition coefficient (Wildman–Crippen LogP) is 3.40. The maximum absolute atomic E-state index is 12.1. The second kappa shape index (κ2) is 4.80. The van der Waals surface area contributed by atoms with Crippen molar-refractivity contribution in [1.29, 1.82) is 0 Å². The van der Waals surface area contributed by atoms with Crippen molar-refractivity contribution in [1.82, 2.24) is 0 Å². The molecule has 0 radical (unpaired) electrons. The summed E-state index contributed by atoms with van der Waals surface area (Å²) in [6.45, 7) is 3.56. The van der Waals surface area contributed by atoms with Crippen LogP contribution in [0.2, 0.25) is 5.02 Å². The standard InChI is InChI=1S/C13H13BrClNO3/c1-13(2)9(10(13)12(18)19)11(17)16-8-5-6(15)3-4-7(8)14/h3-5,9-10H,1-2H3,(H,16,17)(H,18,19). The Balaban J connectivity index is 2.15. The van der Waals surface area contributed by atoms with Gasteiger partial charge < -0.3 is 10.4 Å². The molecule has 2 atom stereocenters. The van der Waals surface area contributed by atoms with Gasteiger partial charge in [-0.25, -0.2) is 0 Å². The first-order valence-corrected chi connectivity index (χ1v) is 6.91. The third-order valence-electron chi connectivity index (χ3n) is 3.56. The average Bonchev–Trinajstić information content (AvgIpc) is 2.87. The van der Waals surface area contributed by atoms with Crippen molar-refractivity contribution in [2.75, 3.05) is 5.32 Å². The number of carbonyl (C=O) groups excluding carboxylic acids is 1. The third-order valence-corrected chi connectivity index (χ3v) is 4.49. The first-order chi connectivity index (χ1) is 8.75. The molecule has 1 amide bonds. The van der Waals surface area contributed by atoms with Gasteiger partial charge in [0.15, 0.2) is 0 Å². The van der Waals surface area contributed by atoms with Crippen molar-refractivity contribution in [2.24, 2.45) is 17.3 Å². The number of benzene rings is 1. The Bertz CT molecular complexity index is 559. The Morgan fingerprint density at radius 2 is 2.00 bits per heavy atom. The van der Waals surface area contributed by atoms with Crippen LogP contribution in [0.1, 0.15) is 13.8 Å². The zero-order valence-electron chi connectivity index (χ0n) is 10.4. The summed E-state index contributed by atoms with van der Waals surface area (Å²) >= 11 is 9.18. The number of carboxylic acids is 1. The van der Waals surface area contributed by atoms with Gasteiger partial charge in [0.1, 0.15) is 0 Å². The van der Waals surface area contributed by atoms with Crippen LogP contribution in [-0.4, -0.2) is 17.0 Å². The molecule has 1 saturated carbocycles. The lowest BCUT2D eigenvalue weighted by Crippen LogP contribution is -2.18. The van der Waals surface area contributed by atoms with E-state index in [-0.39, 0.29) is 5.91 Å². The molecule has 0 aromatic heterocycles. The zero-order valence-corrected chi connectivity index (χ0v) is 12.7. The van der Waals surface area contributed by atoms with Crippen LogP contribution >= 0.6 is 27.5 Å². The number of carboxylic acid groups (broad SMARTS) is 1. The van der Waals surface area contributed by atoms with E-state index in [1.54, 1.807) is 32.0 Å². The van der Waals surface area contributed by atoms with Crippen LogP contribution in [0, 0.1) is 17.3 Å². The number of nitrogens with one attached hydrogen (secondary N) is 1. The molecule has 4 nitrogen and oxygen atoms in total. The SMILES string of the molecule is CC1(C)C(C(=O)O)C1C(=O)Nc1cc(Cl)ccc1Br. The van der Waals surface area contributed by atoms with Gasteiger partial charge >= 0.3 is 5.97 Å². The predicted molar refractivity (Wildman–Crippen MR) is 76.2 cm³/mol. The minimum atomic E-state index is -0.935. The number of amides is 1. The van der Waals surface area contributed by atoms with E-state index in [0.29, 0.717) is 15.2 Å². The fourth-order valence-corrected chi connectivity index (χ4v) is 2.91. The Morgan fingerprint density at radius 3 is 2.53 bits per heavy atom. The second-order valence-electron chi connectivity index (χ2n) is 5.23. The number of anilines is 1. The van der Waals surface area contributed by atoms with E-state index in [4.69, 9.17) is 16.7 Å². The lowest BCUT2D eigenvalue weighted by Gasteiger charge is -2.08. The third kappa shape index (κ3) is 2.62. The molecule has 1 fully saturated rings. The molecule has 2 N–H and O–H groups in total. The highest BCUT2D eigenvalue weighted by Gasteiger charge is 2.65. The lowest BCUT2D eigenvalue weighted by molar-refractivity contribution is -0.140. The Kier molecular flexibility index (Phi) is 3.62. The number of rotatable bonds is 3. The number of hydrogen-bond donors (Lipinski definition) is 2. The Labute approximate surface area is 124 Å². The minimum absolute atomic E-state index is 0.291. The summed E-state index contributed by atoms with van der Waals surface area (Å²) in [5.41, 5.74) is 0.0328. The summed E-state index contributed by atoms with van der Waals surface area (Å²) < 4.78 is 0.704. The Hall–Kier alpha value is -1.07. The first kappa shape index (κ1) is 14.3. The van der Waals surface area contributed by atoms with Crippen molar-refractivity contribution >= 4 is 45.1 Å². The van der Waals surface area contributed by atoms with Crippen LogP contribution in [0.5, 0.6) is 0 Å². The normalized spacial score (nSPS) is 23.8. The molecule has 0 aliphatic heterocycles. The molecular weight excluding hydrogens is 334 g/mol. The van der Waals surface area contributed by atoms with Crippen molar-refractivity contribution in [3.05, 3.63) is 27.7 Å². The van der Waals surface area contributed by atoms with Gasteiger partial charge in [-0.3, -0.25) is 9.59 Å². The lowest BCUT2D eigenvalue weighted by atomic mass is 10.1. The van der Waals surface area contributed by atoms with Gasteiger partial charge in [-0.2, -0.15) is 0 Å². The van der Waals surface area contributed by atoms with E-state index in [1.807, 2.05) is 0 Å². The summed E-state index contributed by atoms with van der Waals surface area (Å²) in [4.78, 5) is 23.2. The average molecular weight is 347 g/mol. The van der Waals surface area contributed by atoms with Crippen molar-refractivity contribution in [3.8, 4) is 0 Å². The second-order valence-corrected chi connectivity index (χ2v) is 6.52. The Morgan fingerprint density at radius 1 is 1.37 bits per heavy atom. The van der Waals surface area contributed by atoms with Gasteiger partial charge in [0.2, 0.25) is 5.91 Å². The highest BCUT2D eigenvalue weighted by Crippen LogP contribution is 2.58. The topological polar surface area (TPSA) is 66.4 Å². The van der Waals surface area contributed by atoms with Crippen LogP contribution in [0.25, 0.3) is 0 Å². The van der Waals surface area contributed by atoms with Gasteiger partial charge in [-0.1, -0.05) is 25.4 Å². The van der Waals surface area contributed by atoms with Gasteiger partial charge in [0.05, 0.1) is 17.5 Å². The van der Waals surface area contributed by atoms with Crippen LogP contribution in [0.4, 0.5) is 5.69 Å². The van der Waals surface area contributed by atoms with Crippen molar-refractivity contribution in [3.63, 3.8) is 0 Å². The van der Waals surface area contributed by atoms with E-state index < -0.39 is 23.2 Å². The quantitative estimate of drug-likeness (QED) is 0.881. The molecule has 1 aromatic rings. The minimum Gasteiger partial charge on any atom is -0.481 e. The first-order valence-electron chi connectivity index (χ1n) is 5.74. The molecule has 0 spiro atoms. The molecule has 2 rings (SSSR count). The maximum atomic E-state index is 12.1. The van der Waals surface area contributed by atoms with E-state index in [0.717, 1.165) is 0 Å². The summed E-state index contributed by atoms with van der Waals surface area (Å²) in [6.07, 6.45) is 0. The van der Waals surface area contributed by atoms with Gasteiger partial charge in [0.25, 0.3) is 0 Å². The van der Waals surface area contributed by atoms with E-state index in [2.05, 4.69) is 21.2 Å². The smallest absolute Gasteiger partial charge is 0.307 e. The summed E-state index contributed by atoms with van der Waals surface area (Å²) in [7, 11) is 0. The van der Waals surface area contributed by atoms with Crippen LogP contribution < -0.4 is 5.32 Å². The molecule has 2 unspecified atom stereocenters. The van der Waals surface area contributed by atoms with E-state index >= 15 is 0 Å². The molecule has 1 aliphatic carbocycles. The molecule has 0 saturated heterocycles. The van der Waals surface area contributed by atoms with Gasteiger partial charge in [-0.05, 0) is 39.5 Å². The zero-order chi connectivity index (χ0) is 14.4. The maximum Gasteiger partial charge on any atom is 0.307 e. The highest BCUT2D eigenvalue weighted by atomic mass is 79.9. The number of aliphatic carboxylic acids is 1. The highest BCUT2D eigenvalue weighted by molar-refractivity contribution is 9.10. The fraction of sp³-hybridized carbons (Fsp3) is 0.385. The van der Waals surface area contributed by atoms with Gasteiger partial charge in [-0.15, -0.1) is 0 Å². The summed E-state index contributed by atoms with van der Waals surface area (Å²) in [5.74, 6) is -2.38. The molecule has 102 valence electrons. The molecule has 1 aliphatic rings. The summed E-state index contributed by atoms with van der Waals surface area (Å²) in [6, 6.07) is 5.04. The monoisotopic (exact) mass is 345 g/mol. The van der Waals surface area contributed by atoms with E-state index in [1.165, 1.54) is 0 Å². The number of halogens is 2. The van der Waals surface area contributed by atoms with Crippen molar-refractivity contribution in [2.45, 2.75) is 13.8 Å². The van der Waals surface area contributed by atoms with Crippen LogP contribution in [0.15, 0.2) is 22.7 Å². The van der Waals surface area contributed by atoms with Gasteiger partial charge in [0, 0.05) is 9.50 Å².